The molecule has 0 saturated heterocycles. The van der Waals surface area contributed by atoms with Crippen LogP contribution in [0.25, 0.3) is 0 Å². The molecule has 1 unspecified atom stereocenters. The van der Waals surface area contributed by atoms with Crippen molar-refractivity contribution in [3.8, 4) is 0 Å². The summed E-state index contributed by atoms with van der Waals surface area (Å²) in [7, 11) is 0. The van der Waals surface area contributed by atoms with Crippen molar-refractivity contribution in [3.05, 3.63) is 26.8 Å². The molecule has 6 heteroatoms. The largest absolute Gasteiger partial charge is 1.00 e. The summed E-state index contributed by atoms with van der Waals surface area (Å²) in [5.74, 6) is 0. The van der Waals surface area contributed by atoms with Gasteiger partial charge in [-0.2, -0.15) is 0 Å². The fourth-order valence-corrected chi connectivity index (χ4v) is 2.06. The molecule has 0 aliphatic heterocycles. The summed E-state index contributed by atoms with van der Waals surface area (Å²) in [4.78, 5) is 0.151. The molecule has 1 rings (SSSR count). The van der Waals surface area contributed by atoms with E-state index < -0.39 is 11.1 Å². The molecule has 0 saturated carbocycles. The van der Waals surface area contributed by atoms with E-state index in [-0.39, 0.29) is 39.5 Å². The van der Waals surface area contributed by atoms with Gasteiger partial charge in [0.25, 0.3) is 0 Å². The Morgan fingerprint density at radius 2 is 2.08 bits per heavy atom. The third-order valence-corrected chi connectivity index (χ3v) is 2.88. The summed E-state index contributed by atoms with van der Waals surface area (Å²) in [5, 5.41) is 0.263. The molecule has 0 radical (unpaired) electrons. The molecule has 0 spiro atoms. The van der Waals surface area contributed by atoms with E-state index in [0.717, 1.165) is 3.57 Å². The van der Waals surface area contributed by atoms with E-state index in [1.54, 1.807) is 12.1 Å². The van der Waals surface area contributed by atoms with Crippen molar-refractivity contribution in [2.75, 3.05) is 0 Å². The molecule has 12 heavy (non-hydrogen) atoms. The van der Waals surface area contributed by atoms with Crippen molar-refractivity contribution in [1.82, 2.24) is 0 Å². The quantitative estimate of drug-likeness (QED) is 0.385. The molecule has 0 heterocycles. The van der Waals surface area contributed by atoms with Crippen LogP contribution in [0.15, 0.2) is 23.1 Å². The zero-order valence-electron chi connectivity index (χ0n) is 6.21. The van der Waals surface area contributed by atoms with Crippen LogP contribution in [-0.4, -0.2) is 8.76 Å². The molecule has 0 aromatic heterocycles. The zero-order valence-corrected chi connectivity index (χ0v) is 11.9. The van der Waals surface area contributed by atoms with Gasteiger partial charge in [-0.25, -0.2) is 0 Å². The van der Waals surface area contributed by atoms with Crippen molar-refractivity contribution < 1.29 is 38.3 Å². The third-order valence-electron chi connectivity index (χ3n) is 1.07. The maximum atomic E-state index is 10.5. The minimum atomic E-state index is -2.24. The molecule has 0 fully saturated rings. The van der Waals surface area contributed by atoms with Crippen LogP contribution in [0.2, 0.25) is 5.02 Å². The van der Waals surface area contributed by atoms with Crippen molar-refractivity contribution in [3.63, 3.8) is 0 Å². The van der Waals surface area contributed by atoms with Gasteiger partial charge in [0, 0.05) is 8.47 Å². The summed E-state index contributed by atoms with van der Waals surface area (Å²) in [6, 6.07) is 4.83. The van der Waals surface area contributed by atoms with Crippen LogP contribution in [0, 0.1) is 3.57 Å². The van der Waals surface area contributed by atoms with Crippen molar-refractivity contribution in [2.24, 2.45) is 0 Å². The number of halogens is 2. The van der Waals surface area contributed by atoms with Crippen molar-refractivity contribution in [2.45, 2.75) is 4.90 Å². The topological polar surface area (TPSA) is 40.1 Å². The van der Waals surface area contributed by atoms with E-state index in [9.17, 15) is 8.76 Å². The maximum absolute atomic E-state index is 10.5. The van der Waals surface area contributed by atoms with Crippen LogP contribution in [0.4, 0.5) is 0 Å². The molecule has 60 valence electrons. The van der Waals surface area contributed by atoms with Gasteiger partial charge in [0.2, 0.25) is 0 Å². The van der Waals surface area contributed by atoms with E-state index in [1.165, 1.54) is 6.07 Å². The summed E-state index contributed by atoms with van der Waals surface area (Å²) >= 11 is 5.38. The first-order valence-corrected chi connectivity index (χ1v) is 5.19. The van der Waals surface area contributed by atoms with Crippen molar-refractivity contribution in [1.29, 1.82) is 0 Å². The molecule has 1 aromatic carbocycles. The Morgan fingerprint density at radius 1 is 1.50 bits per heavy atom. The van der Waals surface area contributed by atoms with Crippen LogP contribution < -0.4 is 29.6 Å². The van der Waals surface area contributed by atoms with E-state index in [4.69, 9.17) is 11.6 Å². The SMILES string of the molecule is O=S([O-])c1cc(I)ccc1Cl.[Na+]. The molecule has 1 atom stereocenters. The van der Waals surface area contributed by atoms with Gasteiger partial charge in [0.1, 0.15) is 0 Å². The summed E-state index contributed by atoms with van der Waals surface area (Å²) in [6.45, 7) is 0. The van der Waals surface area contributed by atoms with Crippen LogP contribution in [-0.2, 0) is 11.1 Å². The normalized spacial score (nSPS) is 11.9. The van der Waals surface area contributed by atoms with Crippen molar-refractivity contribution >= 4 is 45.3 Å². The van der Waals surface area contributed by atoms with E-state index in [0.29, 0.717) is 0 Å². The molecule has 1 aromatic rings. The Bertz CT molecular complexity index is 308. The Labute approximate surface area is 114 Å². The second-order valence-corrected chi connectivity index (χ2v) is 4.37. The third kappa shape index (κ3) is 3.61. The Hall–Kier alpha value is 1.35. The van der Waals surface area contributed by atoms with E-state index in [1.807, 2.05) is 22.6 Å². The second kappa shape index (κ2) is 5.95. The number of rotatable bonds is 1. The molecular weight excluding hydrogens is 321 g/mol. The molecule has 0 amide bonds. The van der Waals surface area contributed by atoms with Crippen LogP contribution >= 0.6 is 34.2 Å². The predicted octanol–water partition coefficient (Wildman–Crippen LogP) is -0.813. The van der Waals surface area contributed by atoms with Gasteiger partial charge in [-0.3, -0.25) is 4.21 Å². The zero-order chi connectivity index (χ0) is 8.43. The molecule has 0 aliphatic carbocycles. The first-order valence-electron chi connectivity index (χ1n) is 2.65. The summed E-state index contributed by atoms with van der Waals surface area (Å²) < 4.78 is 21.8. The molecule has 0 N–H and O–H groups in total. The molecule has 2 nitrogen and oxygen atoms in total. The fraction of sp³-hybridized carbons (Fsp3) is 0. The average Bonchev–Trinajstić information content (AvgIpc) is 1.94. The van der Waals surface area contributed by atoms with Gasteiger partial charge >= 0.3 is 29.6 Å². The van der Waals surface area contributed by atoms with E-state index >= 15 is 0 Å². The smallest absolute Gasteiger partial charge is 0.768 e. The minimum absolute atomic E-state index is 0. The van der Waals surface area contributed by atoms with Gasteiger partial charge in [-0.15, -0.1) is 0 Å². The van der Waals surface area contributed by atoms with Crippen LogP contribution in [0.1, 0.15) is 0 Å². The number of hydrogen-bond donors (Lipinski definition) is 0. The summed E-state index contributed by atoms with van der Waals surface area (Å²) in [5.41, 5.74) is 0. The first-order chi connectivity index (χ1) is 5.11. The number of benzene rings is 1. The molecule has 0 aliphatic rings. The van der Waals surface area contributed by atoms with Gasteiger partial charge in [0.05, 0.1) is 5.02 Å². The minimum Gasteiger partial charge on any atom is -0.768 e. The monoisotopic (exact) mass is 324 g/mol. The predicted molar refractivity (Wildman–Crippen MR) is 51.4 cm³/mol. The fourth-order valence-electron chi connectivity index (χ4n) is 0.605. The Morgan fingerprint density at radius 3 is 2.50 bits per heavy atom. The van der Waals surface area contributed by atoms with Gasteiger partial charge in [0.15, 0.2) is 0 Å². The molecule has 0 bridgehead atoms. The van der Waals surface area contributed by atoms with Gasteiger partial charge in [-0.1, -0.05) is 11.6 Å². The van der Waals surface area contributed by atoms with Gasteiger partial charge < -0.3 is 4.55 Å². The molecular formula is C6H3ClINaO2S. The average molecular weight is 325 g/mol. The second-order valence-electron chi connectivity index (χ2n) is 1.81. The van der Waals surface area contributed by atoms with Gasteiger partial charge in [-0.05, 0) is 51.9 Å². The summed E-state index contributed by atoms with van der Waals surface area (Å²) in [6.07, 6.45) is 0. The first kappa shape index (κ1) is 13.4. The Balaban J connectivity index is 0.00000121. The standard InChI is InChI=1S/C6H4ClIO2S.Na/c7-5-2-1-4(8)3-6(5)11(9)10;/h1-3H,(H,9,10);/q;+1/p-1. The van der Waals surface area contributed by atoms with Crippen LogP contribution in [0.3, 0.4) is 0 Å². The maximum Gasteiger partial charge on any atom is 1.00 e. The number of hydrogen-bond acceptors (Lipinski definition) is 2. The van der Waals surface area contributed by atoms with Crippen LogP contribution in [0.5, 0.6) is 0 Å². The van der Waals surface area contributed by atoms with E-state index in [2.05, 4.69) is 0 Å². The Kier molecular flexibility index (Phi) is 6.62.